The zero-order valence-electron chi connectivity index (χ0n) is 9.75. The van der Waals surface area contributed by atoms with E-state index < -0.39 is 0 Å². The lowest BCUT2D eigenvalue weighted by Gasteiger charge is -2.44. The maximum absolute atomic E-state index is 10.8. The summed E-state index contributed by atoms with van der Waals surface area (Å²) in [6.45, 7) is 6.62. The fourth-order valence-corrected chi connectivity index (χ4v) is 2.86. The van der Waals surface area contributed by atoms with Crippen molar-refractivity contribution in [2.24, 2.45) is 17.8 Å². The molecule has 0 aromatic rings. The van der Waals surface area contributed by atoms with Crippen LogP contribution < -0.4 is 0 Å². The number of carbonyl (C=O) groups is 1. The Labute approximate surface area is 87.0 Å². The van der Waals surface area contributed by atoms with Gasteiger partial charge in [-0.2, -0.15) is 0 Å². The molecule has 1 aliphatic rings. The van der Waals surface area contributed by atoms with Gasteiger partial charge >= 0.3 is 0 Å². The van der Waals surface area contributed by atoms with Crippen molar-refractivity contribution in [3.05, 3.63) is 0 Å². The highest BCUT2D eigenvalue weighted by Crippen LogP contribution is 2.42. The molecule has 82 valence electrons. The van der Waals surface area contributed by atoms with Gasteiger partial charge in [-0.3, -0.25) is 0 Å². The molecule has 3 unspecified atom stereocenters. The van der Waals surface area contributed by atoms with Crippen LogP contribution in [-0.2, 0) is 9.53 Å². The highest BCUT2D eigenvalue weighted by atomic mass is 16.5. The van der Waals surface area contributed by atoms with E-state index in [1.165, 1.54) is 0 Å². The molecule has 1 rings (SSSR count). The standard InChI is InChI=1S/C12H22O2/c1-9(2)11-6-5-10(8-13)7-12(11,3)14-4/h8-11H,5-7H2,1-4H3. The van der Waals surface area contributed by atoms with Crippen molar-refractivity contribution in [1.82, 2.24) is 0 Å². The molecule has 0 heterocycles. The quantitative estimate of drug-likeness (QED) is 0.652. The van der Waals surface area contributed by atoms with Crippen LogP contribution in [0.25, 0.3) is 0 Å². The van der Waals surface area contributed by atoms with Gasteiger partial charge in [-0.25, -0.2) is 0 Å². The third kappa shape index (κ3) is 2.17. The molecule has 0 spiro atoms. The molecule has 0 saturated heterocycles. The molecule has 0 aromatic carbocycles. The van der Waals surface area contributed by atoms with Crippen molar-refractivity contribution < 1.29 is 9.53 Å². The Balaban J connectivity index is 2.75. The Kier molecular flexibility index (Phi) is 3.71. The number of hydrogen-bond acceptors (Lipinski definition) is 2. The fourth-order valence-electron chi connectivity index (χ4n) is 2.86. The predicted octanol–water partition coefficient (Wildman–Crippen LogP) is 2.66. The van der Waals surface area contributed by atoms with Crippen LogP contribution >= 0.6 is 0 Å². The molecule has 1 fully saturated rings. The highest BCUT2D eigenvalue weighted by Gasteiger charge is 2.41. The lowest BCUT2D eigenvalue weighted by atomic mass is 9.68. The van der Waals surface area contributed by atoms with Crippen molar-refractivity contribution in [2.75, 3.05) is 7.11 Å². The summed E-state index contributed by atoms with van der Waals surface area (Å²) in [5.74, 6) is 1.42. The minimum absolute atomic E-state index is 0.0992. The fraction of sp³-hybridized carbons (Fsp3) is 0.917. The summed E-state index contributed by atoms with van der Waals surface area (Å²) in [6.07, 6.45) is 4.13. The summed E-state index contributed by atoms with van der Waals surface area (Å²) in [5, 5.41) is 0. The zero-order valence-corrected chi connectivity index (χ0v) is 9.75. The second-order valence-corrected chi connectivity index (χ2v) is 5.04. The van der Waals surface area contributed by atoms with E-state index in [0.717, 1.165) is 25.5 Å². The van der Waals surface area contributed by atoms with Crippen LogP contribution in [0.5, 0.6) is 0 Å². The Hall–Kier alpha value is -0.370. The van der Waals surface area contributed by atoms with Gasteiger partial charge in [0.25, 0.3) is 0 Å². The smallest absolute Gasteiger partial charge is 0.123 e. The van der Waals surface area contributed by atoms with Gasteiger partial charge in [0.2, 0.25) is 0 Å². The Morgan fingerprint density at radius 1 is 1.43 bits per heavy atom. The van der Waals surface area contributed by atoms with Crippen LogP contribution in [0.4, 0.5) is 0 Å². The van der Waals surface area contributed by atoms with Crippen molar-refractivity contribution >= 4 is 6.29 Å². The summed E-state index contributed by atoms with van der Waals surface area (Å²) in [7, 11) is 1.77. The van der Waals surface area contributed by atoms with Crippen molar-refractivity contribution in [3.63, 3.8) is 0 Å². The Morgan fingerprint density at radius 3 is 2.50 bits per heavy atom. The van der Waals surface area contributed by atoms with E-state index in [0.29, 0.717) is 11.8 Å². The molecule has 0 N–H and O–H groups in total. The number of hydrogen-bond donors (Lipinski definition) is 0. The molecule has 0 amide bonds. The number of carbonyl (C=O) groups excluding carboxylic acids is 1. The van der Waals surface area contributed by atoms with Gasteiger partial charge in [0.15, 0.2) is 0 Å². The van der Waals surface area contributed by atoms with Gasteiger partial charge in [0.05, 0.1) is 5.60 Å². The second kappa shape index (κ2) is 4.43. The zero-order chi connectivity index (χ0) is 10.8. The van der Waals surface area contributed by atoms with Crippen molar-refractivity contribution in [1.29, 1.82) is 0 Å². The maximum Gasteiger partial charge on any atom is 0.123 e. The largest absolute Gasteiger partial charge is 0.378 e. The predicted molar refractivity (Wildman–Crippen MR) is 57.1 cm³/mol. The Morgan fingerprint density at radius 2 is 2.07 bits per heavy atom. The lowest BCUT2D eigenvalue weighted by molar-refractivity contribution is -0.124. The molecule has 3 atom stereocenters. The van der Waals surface area contributed by atoms with E-state index in [1.54, 1.807) is 7.11 Å². The molecule has 0 bridgehead atoms. The molecular weight excluding hydrogens is 176 g/mol. The van der Waals surface area contributed by atoms with Gasteiger partial charge in [-0.05, 0) is 38.0 Å². The van der Waals surface area contributed by atoms with Crippen LogP contribution in [0, 0.1) is 17.8 Å². The van der Waals surface area contributed by atoms with Gasteiger partial charge in [0, 0.05) is 13.0 Å². The topological polar surface area (TPSA) is 26.3 Å². The van der Waals surface area contributed by atoms with Gasteiger partial charge in [-0.1, -0.05) is 13.8 Å². The third-order valence-electron chi connectivity index (χ3n) is 3.76. The monoisotopic (exact) mass is 198 g/mol. The molecule has 0 aliphatic heterocycles. The molecule has 0 radical (unpaired) electrons. The van der Waals surface area contributed by atoms with Gasteiger partial charge in [-0.15, -0.1) is 0 Å². The molecule has 1 saturated carbocycles. The van der Waals surface area contributed by atoms with Crippen molar-refractivity contribution in [3.8, 4) is 0 Å². The maximum atomic E-state index is 10.8. The average molecular weight is 198 g/mol. The van der Waals surface area contributed by atoms with Crippen LogP contribution in [0.3, 0.4) is 0 Å². The van der Waals surface area contributed by atoms with Crippen LogP contribution in [0.1, 0.15) is 40.0 Å². The van der Waals surface area contributed by atoms with Crippen molar-refractivity contribution in [2.45, 2.75) is 45.6 Å². The summed E-state index contributed by atoms with van der Waals surface area (Å²) >= 11 is 0. The van der Waals surface area contributed by atoms with E-state index in [4.69, 9.17) is 4.74 Å². The van der Waals surface area contributed by atoms with E-state index in [-0.39, 0.29) is 11.5 Å². The number of aldehydes is 1. The number of rotatable bonds is 3. The minimum Gasteiger partial charge on any atom is -0.378 e. The normalized spacial score (nSPS) is 38.6. The highest BCUT2D eigenvalue weighted by molar-refractivity contribution is 5.54. The van der Waals surface area contributed by atoms with Gasteiger partial charge < -0.3 is 9.53 Å². The molecule has 14 heavy (non-hydrogen) atoms. The summed E-state index contributed by atoms with van der Waals surface area (Å²) in [6, 6.07) is 0. The van der Waals surface area contributed by atoms with E-state index in [1.807, 2.05) is 0 Å². The molecule has 1 aliphatic carbocycles. The molecule has 2 heteroatoms. The minimum atomic E-state index is -0.0992. The van der Waals surface area contributed by atoms with Crippen LogP contribution in [-0.4, -0.2) is 19.0 Å². The second-order valence-electron chi connectivity index (χ2n) is 5.04. The SMILES string of the molecule is COC1(C)CC(C=O)CCC1C(C)C. The van der Waals surface area contributed by atoms with E-state index >= 15 is 0 Å². The van der Waals surface area contributed by atoms with Gasteiger partial charge in [0.1, 0.15) is 6.29 Å². The summed E-state index contributed by atoms with van der Waals surface area (Å²) in [4.78, 5) is 10.8. The number of methoxy groups -OCH3 is 1. The first-order valence-electron chi connectivity index (χ1n) is 5.54. The number of ether oxygens (including phenoxy) is 1. The lowest BCUT2D eigenvalue weighted by Crippen LogP contribution is -2.45. The van der Waals surface area contributed by atoms with Crippen LogP contribution in [0.15, 0.2) is 0 Å². The van der Waals surface area contributed by atoms with E-state index in [2.05, 4.69) is 20.8 Å². The average Bonchev–Trinajstić information content (AvgIpc) is 2.17. The third-order valence-corrected chi connectivity index (χ3v) is 3.76. The van der Waals surface area contributed by atoms with Crippen LogP contribution in [0.2, 0.25) is 0 Å². The first-order valence-corrected chi connectivity index (χ1v) is 5.54. The summed E-state index contributed by atoms with van der Waals surface area (Å²) in [5.41, 5.74) is -0.0992. The molecule has 0 aromatic heterocycles. The van der Waals surface area contributed by atoms with E-state index in [9.17, 15) is 4.79 Å². The molecule has 2 nitrogen and oxygen atoms in total. The Bertz CT molecular complexity index is 200. The first-order chi connectivity index (χ1) is 6.53. The first kappa shape index (κ1) is 11.7. The summed E-state index contributed by atoms with van der Waals surface area (Å²) < 4.78 is 5.63. The molecular formula is C12H22O2.